The lowest BCUT2D eigenvalue weighted by molar-refractivity contribution is -0.153. The number of rotatable bonds is 8. The molecule has 0 N–H and O–H groups in total. The van der Waals surface area contributed by atoms with Crippen LogP contribution in [0.2, 0.25) is 0 Å². The zero-order valence-electron chi connectivity index (χ0n) is 10.1. The van der Waals surface area contributed by atoms with Gasteiger partial charge in [-0.2, -0.15) is 0 Å². The standard InChI is InChI=1S/C11H18Cl2O4/c1-3-8(4-2)17-11(15)6-5-10(14)16-7-9(12)13/h8-9H,3-7H2,1-2H3. The van der Waals surface area contributed by atoms with Crippen LogP contribution in [0.3, 0.4) is 0 Å². The van der Waals surface area contributed by atoms with Gasteiger partial charge in [-0.1, -0.05) is 13.8 Å². The lowest BCUT2D eigenvalue weighted by Crippen LogP contribution is -2.18. The van der Waals surface area contributed by atoms with Crippen LogP contribution in [-0.2, 0) is 19.1 Å². The largest absolute Gasteiger partial charge is 0.463 e. The monoisotopic (exact) mass is 284 g/mol. The van der Waals surface area contributed by atoms with E-state index in [4.69, 9.17) is 32.7 Å². The van der Waals surface area contributed by atoms with E-state index in [1.54, 1.807) is 0 Å². The van der Waals surface area contributed by atoms with E-state index < -0.39 is 10.8 Å². The van der Waals surface area contributed by atoms with Crippen molar-refractivity contribution >= 4 is 35.1 Å². The number of halogens is 2. The Morgan fingerprint density at radius 3 is 2.06 bits per heavy atom. The third-order valence-electron chi connectivity index (χ3n) is 2.11. The first-order valence-corrected chi connectivity index (χ1v) is 6.50. The van der Waals surface area contributed by atoms with E-state index in [0.29, 0.717) is 0 Å². The van der Waals surface area contributed by atoms with Crippen molar-refractivity contribution in [2.75, 3.05) is 6.61 Å². The van der Waals surface area contributed by atoms with Crippen LogP contribution in [0, 0.1) is 0 Å². The zero-order chi connectivity index (χ0) is 13.3. The number of carbonyl (C=O) groups excluding carboxylic acids is 2. The van der Waals surface area contributed by atoms with E-state index in [9.17, 15) is 9.59 Å². The molecule has 0 bridgehead atoms. The highest BCUT2D eigenvalue weighted by Crippen LogP contribution is 2.07. The summed E-state index contributed by atoms with van der Waals surface area (Å²) in [5.74, 6) is -0.887. The molecule has 0 aliphatic carbocycles. The maximum atomic E-state index is 11.3. The second-order valence-electron chi connectivity index (χ2n) is 3.50. The second-order valence-corrected chi connectivity index (χ2v) is 4.78. The Hall–Kier alpha value is -0.480. The van der Waals surface area contributed by atoms with Crippen molar-refractivity contribution < 1.29 is 19.1 Å². The maximum Gasteiger partial charge on any atom is 0.306 e. The summed E-state index contributed by atoms with van der Waals surface area (Å²) in [6.45, 7) is 3.82. The molecule has 0 aromatic carbocycles. The summed E-state index contributed by atoms with van der Waals surface area (Å²) in [6.07, 6.45) is 1.47. The van der Waals surface area contributed by atoms with E-state index in [1.165, 1.54) is 0 Å². The molecule has 6 heteroatoms. The lowest BCUT2D eigenvalue weighted by atomic mass is 10.2. The van der Waals surface area contributed by atoms with Crippen LogP contribution in [0.25, 0.3) is 0 Å². The zero-order valence-corrected chi connectivity index (χ0v) is 11.6. The quantitative estimate of drug-likeness (QED) is 0.508. The summed E-state index contributed by atoms with van der Waals surface area (Å²) < 4.78 is 9.83. The molecular weight excluding hydrogens is 267 g/mol. The van der Waals surface area contributed by atoms with E-state index >= 15 is 0 Å². The Kier molecular flexibility index (Phi) is 9.27. The molecule has 0 unspecified atom stereocenters. The van der Waals surface area contributed by atoms with Crippen LogP contribution in [0.4, 0.5) is 0 Å². The SMILES string of the molecule is CCC(CC)OC(=O)CCC(=O)OCC(Cl)Cl. The summed E-state index contributed by atoms with van der Waals surface area (Å²) in [7, 11) is 0. The number of hydrogen-bond donors (Lipinski definition) is 0. The number of ether oxygens (including phenoxy) is 2. The van der Waals surface area contributed by atoms with Gasteiger partial charge < -0.3 is 9.47 Å². The predicted octanol–water partition coefficient (Wildman–Crippen LogP) is 2.85. The maximum absolute atomic E-state index is 11.3. The third-order valence-corrected chi connectivity index (χ3v) is 2.36. The average molecular weight is 285 g/mol. The first kappa shape index (κ1) is 16.5. The Bertz CT molecular complexity index is 240. The van der Waals surface area contributed by atoms with Crippen molar-refractivity contribution in [1.29, 1.82) is 0 Å². The van der Waals surface area contributed by atoms with Crippen molar-refractivity contribution in [3.8, 4) is 0 Å². The summed E-state index contributed by atoms with van der Waals surface area (Å²) in [6, 6.07) is 0. The Balaban J connectivity index is 3.72. The highest BCUT2D eigenvalue weighted by atomic mass is 35.5. The highest BCUT2D eigenvalue weighted by molar-refractivity contribution is 6.44. The van der Waals surface area contributed by atoms with Gasteiger partial charge in [0.15, 0.2) is 0 Å². The summed E-state index contributed by atoms with van der Waals surface area (Å²) in [5, 5.41) is 0. The van der Waals surface area contributed by atoms with E-state index in [1.807, 2.05) is 13.8 Å². The van der Waals surface area contributed by atoms with E-state index in [2.05, 4.69) is 0 Å². The molecular formula is C11H18Cl2O4. The summed E-state index contributed by atoms with van der Waals surface area (Å²) in [4.78, 5) is 21.7. The molecule has 0 saturated heterocycles. The molecule has 0 spiro atoms. The molecule has 0 aromatic rings. The van der Waals surface area contributed by atoms with Gasteiger partial charge in [-0.05, 0) is 12.8 Å². The lowest BCUT2D eigenvalue weighted by Gasteiger charge is -2.13. The third kappa shape index (κ3) is 9.24. The fraction of sp³-hybridized carbons (Fsp3) is 0.818. The number of esters is 2. The minimum Gasteiger partial charge on any atom is -0.463 e. The molecule has 0 fully saturated rings. The molecule has 100 valence electrons. The summed E-state index contributed by atoms with van der Waals surface area (Å²) in [5.41, 5.74) is 0. The molecule has 17 heavy (non-hydrogen) atoms. The Morgan fingerprint density at radius 2 is 1.59 bits per heavy atom. The van der Waals surface area contributed by atoms with Crippen LogP contribution in [0.1, 0.15) is 39.5 Å². The van der Waals surface area contributed by atoms with Crippen molar-refractivity contribution in [3.05, 3.63) is 0 Å². The molecule has 0 radical (unpaired) electrons. The summed E-state index contributed by atoms with van der Waals surface area (Å²) >= 11 is 10.8. The van der Waals surface area contributed by atoms with Gasteiger partial charge in [0.05, 0.1) is 12.8 Å². The van der Waals surface area contributed by atoms with Crippen molar-refractivity contribution in [2.45, 2.75) is 50.5 Å². The topological polar surface area (TPSA) is 52.6 Å². The normalized spacial score (nSPS) is 10.7. The van der Waals surface area contributed by atoms with Crippen LogP contribution < -0.4 is 0 Å². The smallest absolute Gasteiger partial charge is 0.306 e. The first-order valence-electron chi connectivity index (χ1n) is 5.62. The van der Waals surface area contributed by atoms with Gasteiger partial charge in [0.2, 0.25) is 0 Å². The molecule has 0 amide bonds. The predicted molar refractivity (Wildman–Crippen MR) is 66.1 cm³/mol. The van der Waals surface area contributed by atoms with Crippen molar-refractivity contribution in [2.24, 2.45) is 0 Å². The fourth-order valence-electron chi connectivity index (χ4n) is 1.13. The minimum absolute atomic E-state index is 0.0144. The minimum atomic E-state index is -0.740. The van der Waals surface area contributed by atoms with Gasteiger partial charge in [-0.3, -0.25) is 9.59 Å². The number of alkyl halides is 2. The Morgan fingerprint density at radius 1 is 1.06 bits per heavy atom. The van der Waals surface area contributed by atoms with Gasteiger partial charge in [0.25, 0.3) is 0 Å². The van der Waals surface area contributed by atoms with Gasteiger partial charge in [0, 0.05) is 0 Å². The number of carbonyl (C=O) groups is 2. The molecule has 0 aliphatic rings. The molecule has 0 heterocycles. The van der Waals surface area contributed by atoms with Gasteiger partial charge in [-0.25, -0.2) is 0 Å². The number of hydrogen-bond acceptors (Lipinski definition) is 4. The second kappa shape index (κ2) is 9.54. The van der Waals surface area contributed by atoms with Crippen molar-refractivity contribution in [1.82, 2.24) is 0 Å². The van der Waals surface area contributed by atoms with E-state index in [-0.39, 0.29) is 31.5 Å². The Labute approximate surface area is 112 Å². The first-order chi connectivity index (χ1) is 7.99. The average Bonchev–Trinajstić information content (AvgIpc) is 2.30. The molecule has 0 rings (SSSR count). The van der Waals surface area contributed by atoms with Crippen molar-refractivity contribution in [3.63, 3.8) is 0 Å². The molecule has 0 aromatic heterocycles. The van der Waals surface area contributed by atoms with Gasteiger partial charge in [-0.15, -0.1) is 23.2 Å². The van der Waals surface area contributed by atoms with E-state index in [0.717, 1.165) is 12.8 Å². The van der Waals surface area contributed by atoms with Crippen LogP contribution in [-0.4, -0.2) is 29.5 Å². The van der Waals surface area contributed by atoms with Crippen LogP contribution in [0.15, 0.2) is 0 Å². The molecule has 0 saturated carbocycles. The van der Waals surface area contributed by atoms with Gasteiger partial charge in [0.1, 0.15) is 17.5 Å². The van der Waals surface area contributed by atoms with Crippen LogP contribution >= 0.6 is 23.2 Å². The molecule has 0 atom stereocenters. The highest BCUT2D eigenvalue weighted by Gasteiger charge is 2.13. The fourth-order valence-corrected chi connectivity index (χ4v) is 1.26. The van der Waals surface area contributed by atoms with Gasteiger partial charge >= 0.3 is 11.9 Å². The molecule has 0 aliphatic heterocycles. The molecule has 4 nitrogen and oxygen atoms in total. The van der Waals surface area contributed by atoms with Crippen LogP contribution in [0.5, 0.6) is 0 Å².